The highest BCUT2D eigenvalue weighted by Crippen LogP contribution is 2.36. The molecule has 0 aliphatic carbocycles. The van der Waals surface area contributed by atoms with Crippen LogP contribution in [0.4, 0.5) is 0 Å². The predicted octanol–water partition coefficient (Wildman–Crippen LogP) is 3.76. The maximum absolute atomic E-state index is 12.3. The molecule has 1 aromatic carbocycles. The van der Waals surface area contributed by atoms with Gasteiger partial charge in [0.05, 0.1) is 18.7 Å². The van der Waals surface area contributed by atoms with Crippen LogP contribution >= 0.6 is 11.6 Å². The zero-order valence-electron chi connectivity index (χ0n) is 15.1. The van der Waals surface area contributed by atoms with E-state index in [0.717, 1.165) is 6.42 Å². The summed E-state index contributed by atoms with van der Waals surface area (Å²) in [7, 11) is 1.48. The Hall–Kier alpha value is -1.95. The van der Waals surface area contributed by atoms with Gasteiger partial charge in [0, 0.05) is 18.0 Å². The second kappa shape index (κ2) is 10.1. The smallest absolute Gasteiger partial charge is 0.303 e. The molecule has 0 spiro atoms. The standard InChI is InChI=1S/C18H26ClNO5/c1-11(2)7-8-25-17-14(19)9-13(10-15(17)24-4)18(23)20-12(3)5-6-16(21)22/h9-12H,5-8H2,1-4H3,(H,20,23)(H,21,22). The van der Waals surface area contributed by atoms with Crippen molar-refractivity contribution in [3.63, 3.8) is 0 Å². The van der Waals surface area contributed by atoms with Crippen LogP contribution in [-0.4, -0.2) is 36.7 Å². The van der Waals surface area contributed by atoms with Gasteiger partial charge in [0.2, 0.25) is 0 Å². The minimum Gasteiger partial charge on any atom is -0.493 e. The topological polar surface area (TPSA) is 84.9 Å². The van der Waals surface area contributed by atoms with Crippen LogP contribution in [0.15, 0.2) is 12.1 Å². The van der Waals surface area contributed by atoms with Crippen LogP contribution in [0.25, 0.3) is 0 Å². The lowest BCUT2D eigenvalue weighted by Gasteiger charge is -2.16. The number of hydrogen-bond acceptors (Lipinski definition) is 4. The van der Waals surface area contributed by atoms with Crippen LogP contribution in [-0.2, 0) is 4.79 Å². The molecule has 1 aromatic rings. The van der Waals surface area contributed by atoms with E-state index < -0.39 is 5.97 Å². The Morgan fingerprint density at radius 1 is 1.24 bits per heavy atom. The van der Waals surface area contributed by atoms with Crippen LogP contribution in [0.5, 0.6) is 11.5 Å². The molecule has 1 amide bonds. The number of hydrogen-bond donors (Lipinski definition) is 2. The number of amides is 1. The van der Waals surface area contributed by atoms with E-state index in [-0.39, 0.29) is 18.4 Å². The first kappa shape index (κ1) is 21.1. The summed E-state index contributed by atoms with van der Waals surface area (Å²) in [6.07, 6.45) is 1.22. The third-order valence-electron chi connectivity index (χ3n) is 3.60. The minimum atomic E-state index is -0.895. The number of methoxy groups -OCH3 is 1. The molecule has 0 aliphatic heterocycles. The van der Waals surface area contributed by atoms with Crippen molar-refractivity contribution in [1.29, 1.82) is 0 Å². The molecule has 0 bridgehead atoms. The molecule has 140 valence electrons. The van der Waals surface area contributed by atoms with Gasteiger partial charge in [-0.05, 0) is 37.8 Å². The number of carboxylic acids is 1. The first-order valence-corrected chi connectivity index (χ1v) is 8.65. The molecule has 0 heterocycles. The van der Waals surface area contributed by atoms with Gasteiger partial charge in [0.25, 0.3) is 5.91 Å². The largest absolute Gasteiger partial charge is 0.493 e. The number of carboxylic acid groups (broad SMARTS) is 1. The molecule has 1 atom stereocenters. The molecule has 25 heavy (non-hydrogen) atoms. The zero-order chi connectivity index (χ0) is 19.0. The second-order valence-electron chi connectivity index (χ2n) is 6.33. The number of ether oxygens (including phenoxy) is 2. The van der Waals surface area contributed by atoms with E-state index in [9.17, 15) is 9.59 Å². The van der Waals surface area contributed by atoms with E-state index in [1.165, 1.54) is 13.2 Å². The lowest BCUT2D eigenvalue weighted by molar-refractivity contribution is -0.137. The lowest BCUT2D eigenvalue weighted by atomic mass is 10.1. The third kappa shape index (κ3) is 7.22. The monoisotopic (exact) mass is 371 g/mol. The molecule has 0 radical (unpaired) electrons. The number of carbonyl (C=O) groups is 2. The van der Waals surface area contributed by atoms with Gasteiger partial charge in [-0.15, -0.1) is 0 Å². The Morgan fingerprint density at radius 2 is 1.92 bits per heavy atom. The van der Waals surface area contributed by atoms with E-state index in [1.807, 2.05) is 0 Å². The summed E-state index contributed by atoms with van der Waals surface area (Å²) in [5, 5.41) is 11.7. The molecule has 0 saturated carbocycles. The van der Waals surface area contributed by atoms with Gasteiger partial charge < -0.3 is 19.9 Å². The number of rotatable bonds is 10. The summed E-state index contributed by atoms with van der Waals surface area (Å²) >= 11 is 6.25. The molecule has 2 N–H and O–H groups in total. The number of carbonyl (C=O) groups excluding carboxylic acids is 1. The molecule has 0 aromatic heterocycles. The van der Waals surface area contributed by atoms with Crippen molar-refractivity contribution in [2.75, 3.05) is 13.7 Å². The van der Waals surface area contributed by atoms with E-state index in [0.29, 0.717) is 41.0 Å². The normalized spacial score (nSPS) is 11.9. The lowest BCUT2D eigenvalue weighted by Crippen LogP contribution is -2.33. The fourth-order valence-corrected chi connectivity index (χ4v) is 2.37. The van der Waals surface area contributed by atoms with Crippen molar-refractivity contribution < 1.29 is 24.2 Å². The number of halogens is 1. The van der Waals surface area contributed by atoms with Crippen molar-refractivity contribution >= 4 is 23.5 Å². The van der Waals surface area contributed by atoms with Crippen molar-refractivity contribution in [3.8, 4) is 11.5 Å². The summed E-state index contributed by atoms with van der Waals surface area (Å²) in [6.45, 7) is 6.46. The number of aliphatic carboxylic acids is 1. The van der Waals surface area contributed by atoms with E-state index >= 15 is 0 Å². The van der Waals surface area contributed by atoms with E-state index in [2.05, 4.69) is 19.2 Å². The molecule has 0 fully saturated rings. The first-order valence-electron chi connectivity index (χ1n) is 8.27. The van der Waals surface area contributed by atoms with Crippen LogP contribution in [0.1, 0.15) is 50.4 Å². The van der Waals surface area contributed by atoms with Crippen molar-refractivity contribution in [3.05, 3.63) is 22.7 Å². The summed E-state index contributed by atoms with van der Waals surface area (Å²) in [5.41, 5.74) is 0.334. The quantitative estimate of drug-likeness (QED) is 0.654. The Morgan fingerprint density at radius 3 is 2.48 bits per heavy atom. The first-order chi connectivity index (χ1) is 11.7. The molecule has 6 nitrogen and oxygen atoms in total. The van der Waals surface area contributed by atoms with Gasteiger partial charge in [0.15, 0.2) is 11.5 Å². The Labute approximate surface area is 153 Å². The summed E-state index contributed by atoms with van der Waals surface area (Å²) in [4.78, 5) is 22.9. The fourth-order valence-electron chi connectivity index (χ4n) is 2.11. The highest BCUT2D eigenvalue weighted by molar-refractivity contribution is 6.32. The van der Waals surface area contributed by atoms with Crippen molar-refractivity contribution in [1.82, 2.24) is 5.32 Å². The average Bonchev–Trinajstić information content (AvgIpc) is 2.53. The number of nitrogens with one attached hydrogen (secondary N) is 1. The van der Waals surface area contributed by atoms with Gasteiger partial charge in [0.1, 0.15) is 0 Å². The van der Waals surface area contributed by atoms with Gasteiger partial charge in [-0.3, -0.25) is 9.59 Å². The fraction of sp³-hybridized carbons (Fsp3) is 0.556. The summed E-state index contributed by atoms with van der Waals surface area (Å²) in [6, 6.07) is 2.82. The van der Waals surface area contributed by atoms with Gasteiger partial charge >= 0.3 is 5.97 Å². The Kier molecular flexibility index (Phi) is 8.55. The van der Waals surface area contributed by atoms with Gasteiger partial charge in [-0.1, -0.05) is 25.4 Å². The molecule has 0 aliphatic rings. The van der Waals surface area contributed by atoms with E-state index in [1.54, 1.807) is 13.0 Å². The summed E-state index contributed by atoms with van der Waals surface area (Å²) < 4.78 is 11.0. The number of benzene rings is 1. The van der Waals surface area contributed by atoms with Crippen molar-refractivity contribution in [2.24, 2.45) is 5.92 Å². The highest BCUT2D eigenvalue weighted by Gasteiger charge is 2.17. The van der Waals surface area contributed by atoms with Crippen LogP contribution < -0.4 is 14.8 Å². The predicted molar refractivity (Wildman–Crippen MR) is 96.8 cm³/mol. The molecule has 1 unspecified atom stereocenters. The van der Waals surface area contributed by atoms with Crippen molar-refractivity contribution in [2.45, 2.75) is 46.1 Å². The van der Waals surface area contributed by atoms with Crippen LogP contribution in [0, 0.1) is 5.92 Å². The van der Waals surface area contributed by atoms with Gasteiger partial charge in [-0.2, -0.15) is 0 Å². The summed E-state index contributed by atoms with van der Waals surface area (Å²) in [5.74, 6) is 0.0718. The molecule has 7 heteroatoms. The van der Waals surface area contributed by atoms with Crippen LogP contribution in [0.3, 0.4) is 0 Å². The Balaban J connectivity index is 2.82. The Bertz CT molecular complexity index is 603. The van der Waals surface area contributed by atoms with Crippen LogP contribution in [0.2, 0.25) is 5.02 Å². The zero-order valence-corrected chi connectivity index (χ0v) is 15.9. The third-order valence-corrected chi connectivity index (χ3v) is 3.88. The van der Waals surface area contributed by atoms with Gasteiger partial charge in [-0.25, -0.2) is 0 Å². The molecular formula is C18H26ClNO5. The maximum atomic E-state index is 12.3. The molecular weight excluding hydrogens is 346 g/mol. The maximum Gasteiger partial charge on any atom is 0.303 e. The highest BCUT2D eigenvalue weighted by atomic mass is 35.5. The molecule has 0 saturated heterocycles. The minimum absolute atomic E-state index is 0.00580. The molecule has 1 rings (SSSR count). The van der Waals surface area contributed by atoms with E-state index in [4.69, 9.17) is 26.2 Å². The SMILES string of the molecule is COc1cc(C(=O)NC(C)CCC(=O)O)cc(Cl)c1OCCC(C)C. The second-order valence-corrected chi connectivity index (χ2v) is 6.73. The average molecular weight is 372 g/mol.